The van der Waals surface area contributed by atoms with Crippen molar-refractivity contribution in [1.29, 1.82) is 0 Å². The molecule has 4 nitrogen and oxygen atoms in total. The smallest absolute Gasteiger partial charge is 0.0763 e. The second kappa shape index (κ2) is 7.41. The van der Waals surface area contributed by atoms with E-state index >= 15 is 0 Å². The molecule has 0 spiro atoms. The van der Waals surface area contributed by atoms with Gasteiger partial charge in [-0.1, -0.05) is 25.4 Å². The molecule has 1 atom stereocenters. The largest absolute Gasteiger partial charge is 0.305 e. The molecule has 0 aromatic carbocycles. The van der Waals surface area contributed by atoms with Crippen molar-refractivity contribution in [2.75, 3.05) is 6.54 Å². The lowest BCUT2D eigenvalue weighted by Gasteiger charge is -2.21. The van der Waals surface area contributed by atoms with E-state index in [2.05, 4.69) is 35.3 Å². The van der Waals surface area contributed by atoms with E-state index in [4.69, 9.17) is 11.6 Å². The molecule has 0 fully saturated rings. The predicted octanol–water partition coefficient (Wildman–Crippen LogP) is 3.43. The van der Waals surface area contributed by atoms with Crippen LogP contribution in [-0.2, 0) is 6.54 Å². The first kappa shape index (κ1) is 15.0. The molecule has 0 aliphatic heterocycles. The maximum absolute atomic E-state index is 6.31. The van der Waals surface area contributed by atoms with Crippen LogP contribution in [0.4, 0.5) is 0 Å². The molecule has 0 radical (unpaired) electrons. The summed E-state index contributed by atoms with van der Waals surface area (Å²) in [4.78, 5) is 4.07. The number of hydrogen-bond acceptors (Lipinski definition) is 3. The van der Waals surface area contributed by atoms with Crippen LogP contribution >= 0.6 is 11.6 Å². The fourth-order valence-corrected chi connectivity index (χ4v) is 2.50. The van der Waals surface area contributed by atoms with E-state index in [1.54, 1.807) is 12.4 Å². The molecule has 0 amide bonds. The van der Waals surface area contributed by atoms with E-state index in [-0.39, 0.29) is 6.04 Å². The average Bonchev–Trinajstić information content (AvgIpc) is 2.90. The number of aryl methyl sites for hydroxylation is 1. The van der Waals surface area contributed by atoms with Crippen molar-refractivity contribution in [3.63, 3.8) is 0 Å². The molecular weight excluding hydrogens is 272 g/mol. The highest BCUT2D eigenvalue weighted by Gasteiger charge is 2.19. The molecule has 1 N–H and O–H groups in total. The molecule has 0 saturated heterocycles. The number of halogens is 1. The van der Waals surface area contributed by atoms with Gasteiger partial charge in [-0.05, 0) is 37.1 Å². The van der Waals surface area contributed by atoms with Gasteiger partial charge in [-0.25, -0.2) is 0 Å². The second-order valence-corrected chi connectivity index (χ2v) is 5.17. The van der Waals surface area contributed by atoms with E-state index in [9.17, 15) is 0 Å². The monoisotopic (exact) mass is 292 g/mol. The normalized spacial score (nSPS) is 12.6. The minimum absolute atomic E-state index is 0.0551. The molecule has 108 valence electrons. The van der Waals surface area contributed by atoms with Crippen molar-refractivity contribution < 1.29 is 0 Å². The lowest BCUT2D eigenvalue weighted by atomic mass is 10.0. The number of pyridine rings is 1. The summed E-state index contributed by atoms with van der Waals surface area (Å²) >= 11 is 6.31. The number of rotatable bonds is 7. The van der Waals surface area contributed by atoms with Crippen LogP contribution < -0.4 is 5.32 Å². The highest BCUT2D eigenvalue weighted by atomic mass is 35.5. The molecule has 2 rings (SSSR count). The standard InChI is InChI=1S/C15H21ClN4/c1-3-7-18-15(12-5-8-17-11-13(12)16)14-6-9-19-20(14)10-4-2/h5-6,8-9,11,15,18H,3-4,7,10H2,1-2H3. The maximum atomic E-state index is 6.31. The molecule has 0 aliphatic carbocycles. The first-order chi connectivity index (χ1) is 9.77. The maximum Gasteiger partial charge on any atom is 0.0763 e. The Labute approximate surface area is 125 Å². The van der Waals surface area contributed by atoms with E-state index in [0.29, 0.717) is 5.02 Å². The molecule has 2 aromatic rings. The van der Waals surface area contributed by atoms with Crippen molar-refractivity contribution in [2.45, 2.75) is 39.3 Å². The Bertz CT molecular complexity index is 538. The van der Waals surface area contributed by atoms with Crippen molar-refractivity contribution in [1.82, 2.24) is 20.1 Å². The van der Waals surface area contributed by atoms with Crippen LogP contribution in [0.3, 0.4) is 0 Å². The number of hydrogen-bond donors (Lipinski definition) is 1. The predicted molar refractivity (Wildman–Crippen MR) is 81.9 cm³/mol. The quantitative estimate of drug-likeness (QED) is 0.850. The zero-order chi connectivity index (χ0) is 14.4. The van der Waals surface area contributed by atoms with Crippen LogP contribution in [0.2, 0.25) is 5.02 Å². The van der Waals surface area contributed by atoms with Crippen LogP contribution in [-0.4, -0.2) is 21.3 Å². The molecule has 0 saturated carbocycles. The molecule has 20 heavy (non-hydrogen) atoms. The molecule has 1 unspecified atom stereocenters. The van der Waals surface area contributed by atoms with Crippen molar-refractivity contribution in [3.05, 3.63) is 47.0 Å². The van der Waals surface area contributed by atoms with Crippen molar-refractivity contribution in [3.8, 4) is 0 Å². The Hall–Kier alpha value is -1.39. The number of aromatic nitrogens is 3. The first-order valence-electron chi connectivity index (χ1n) is 7.12. The Kier molecular flexibility index (Phi) is 5.56. The summed E-state index contributed by atoms with van der Waals surface area (Å²) in [6.45, 7) is 6.15. The summed E-state index contributed by atoms with van der Waals surface area (Å²) in [5.41, 5.74) is 2.20. The van der Waals surface area contributed by atoms with Gasteiger partial charge < -0.3 is 5.32 Å². The van der Waals surface area contributed by atoms with Gasteiger partial charge in [0, 0.05) is 25.1 Å². The Balaban J connectivity index is 2.37. The van der Waals surface area contributed by atoms with E-state index in [1.807, 2.05) is 16.9 Å². The Morgan fingerprint density at radius 2 is 2.10 bits per heavy atom. The van der Waals surface area contributed by atoms with Gasteiger partial charge in [-0.15, -0.1) is 0 Å². The van der Waals surface area contributed by atoms with Crippen LogP contribution in [0.25, 0.3) is 0 Å². The Morgan fingerprint density at radius 1 is 1.25 bits per heavy atom. The summed E-state index contributed by atoms with van der Waals surface area (Å²) in [5.74, 6) is 0. The summed E-state index contributed by atoms with van der Waals surface area (Å²) < 4.78 is 2.05. The zero-order valence-corrected chi connectivity index (χ0v) is 12.8. The molecule has 2 aromatic heterocycles. The van der Waals surface area contributed by atoms with Gasteiger partial charge in [0.05, 0.1) is 16.8 Å². The van der Waals surface area contributed by atoms with Crippen LogP contribution in [0.1, 0.15) is 44.0 Å². The fraction of sp³-hybridized carbons (Fsp3) is 0.467. The second-order valence-electron chi connectivity index (χ2n) is 4.76. The topological polar surface area (TPSA) is 42.7 Å². The van der Waals surface area contributed by atoms with E-state index in [0.717, 1.165) is 37.2 Å². The first-order valence-corrected chi connectivity index (χ1v) is 7.50. The van der Waals surface area contributed by atoms with Crippen LogP contribution in [0.5, 0.6) is 0 Å². The lowest BCUT2D eigenvalue weighted by molar-refractivity contribution is 0.511. The van der Waals surface area contributed by atoms with Crippen LogP contribution in [0, 0.1) is 0 Å². The van der Waals surface area contributed by atoms with E-state index in [1.165, 1.54) is 0 Å². The zero-order valence-electron chi connectivity index (χ0n) is 12.0. The van der Waals surface area contributed by atoms with Gasteiger partial charge in [0.15, 0.2) is 0 Å². The highest BCUT2D eigenvalue weighted by Crippen LogP contribution is 2.27. The molecule has 0 aliphatic rings. The average molecular weight is 293 g/mol. The highest BCUT2D eigenvalue weighted by molar-refractivity contribution is 6.31. The summed E-state index contributed by atoms with van der Waals surface area (Å²) in [7, 11) is 0. The van der Waals surface area contributed by atoms with E-state index < -0.39 is 0 Å². The number of nitrogens with one attached hydrogen (secondary N) is 1. The Morgan fingerprint density at radius 3 is 2.80 bits per heavy atom. The van der Waals surface area contributed by atoms with Gasteiger partial charge in [0.25, 0.3) is 0 Å². The van der Waals surface area contributed by atoms with Gasteiger partial charge in [0.2, 0.25) is 0 Å². The third-order valence-electron chi connectivity index (χ3n) is 3.19. The summed E-state index contributed by atoms with van der Waals surface area (Å²) in [6, 6.07) is 4.08. The summed E-state index contributed by atoms with van der Waals surface area (Å²) in [6.07, 6.45) is 7.45. The van der Waals surface area contributed by atoms with Gasteiger partial charge in [0.1, 0.15) is 0 Å². The molecule has 0 bridgehead atoms. The minimum atomic E-state index is 0.0551. The molecule has 2 heterocycles. The minimum Gasteiger partial charge on any atom is -0.305 e. The van der Waals surface area contributed by atoms with Gasteiger partial charge in [-0.3, -0.25) is 9.67 Å². The third-order valence-corrected chi connectivity index (χ3v) is 3.51. The third kappa shape index (κ3) is 3.38. The lowest BCUT2D eigenvalue weighted by Crippen LogP contribution is -2.26. The van der Waals surface area contributed by atoms with Crippen LogP contribution in [0.15, 0.2) is 30.7 Å². The van der Waals surface area contributed by atoms with Gasteiger partial charge >= 0.3 is 0 Å². The van der Waals surface area contributed by atoms with Gasteiger partial charge in [-0.2, -0.15) is 5.10 Å². The SMILES string of the molecule is CCCNC(c1ccncc1Cl)c1ccnn1CCC. The fourth-order valence-electron chi connectivity index (χ4n) is 2.27. The molecular formula is C15H21ClN4. The summed E-state index contributed by atoms with van der Waals surface area (Å²) in [5, 5.41) is 8.65. The number of nitrogens with zero attached hydrogens (tertiary/aromatic N) is 3. The van der Waals surface area contributed by atoms with Crippen molar-refractivity contribution in [2.24, 2.45) is 0 Å². The molecule has 5 heteroatoms. The van der Waals surface area contributed by atoms with Crippen molar-refractivity contribution >= 4 is 11.6 Å².